The standard InChI is InChI=1S/C17H15F3N4O4S/c1-2-28-16(25)12-10-21-22-15(12)29(26,27)23-13-9-11(17(18,19)20)5-6-14(13)24-7-3-4-8-24/h3-10,23H,2H2,1H3,(H,21,22). The van der Waals surface area contributed by atoms with Gasteiger partial charge in [0.05, 0.1) is 29.7 Å². The number of aromatic nitrogens is 3. The number of alkyl halides is 3. The van der Waals surface area contributed by atoms with Gasteiger partial charge in [0.1, 0.15) is 5.56 Å². The van der Waals surface area contributed by atoms with E-state index >= 15 is 0 Å². The van der Waals surface area contributed by atoms with Gasteiger partial charge < -0.3 is 9.30 Å². The smallest absolute Gasteiger partial charge is 0.416 e. The lowest BCUT2D eigenvalue weighted by atomic mass is 10.1. The van der Waals surface area contributed by atoms with E-state index in [9.17, 15) is 26.4 Å². The quantitative estimate of drug-likeness (QED) is 0.587. The number of hydrogen-bond donors (Lipinski definition) is 2. The zero-order valence-electron chi connectivity index (χ0n) is 14.9. The van der Waals surface area contributed by atoms with E-state index in [0.717, 1.165) is 18.3 Å². The zero-order valence-corrected chi connectivity index (χ0v) is 15.7. The molecule has 0 aliphatic carbocycles. The molecule has 0 aliphatic rings. The maximum atomic E-state index is 13.1. The number of carbonyl (C=O) groups excluding carboxylic acids is 1. The lowest BCUT2D eigenvalue weighted by molar-refractivity contribution is -0.137. The zero-order chi connectivity index (χ0) is 21.2. The number of sulfonamides is 1. The third kappa shape index (κ3) is 4.26. The molecule has 0 atom stereocenters. The summed E-state index contributed by atoms with van der Waals surface area (Å²) in [5.41, 5.74) is -1.58. The Labute approximate surface area is 163 Å². The van der Waals surface area contributed by atoms with Crippen molar-refractivity contribution in [3.05, 3.63) is 60.0 Å². The van der Waals surface area contributed by atoms with Crippen LogP contribution in [0.3, 0.4) is 0 Å². The SMILES string of the molecule is CCOC(=O)c1cn[nH]c1S(=O)(=O)Nc1cc(C(F)(F)F)ccc1-n1cccc1. The lowest BCUT2D eigenvalue weighted by Crippen LogP contribution is -2.19. The number of esters is 1. The second-order valence-corrected chi connectivity index (χ2v) is 7.38. The van der Waals surface area contributed by atoms with Crippen LogP contribution in [0.25, 0.3) is 5.69 Å². The van der Waals surface area contributed by atoms with Crippen molar-refractivity contribution in [1.29, 1.82) is 0 Å². The number of benzene rings is 1. The molecule has 8 nitrogen and oxygen atoms in total. The minimum Gasteiger partial charge on any atom is -0.462 e. The first-order valence-corrected chi connectivity index (χ1v) is 9.69. The highest BCUT2D eigenvalue weighted by atomic mass is 32.2. The molecule has 0 saturated carbocycles. The van der Waals surface area contributed by atoms with Crippen LogP contribution >= 0.6 is 0 Å². The first-order valence-electron chi connectivity index (χ1n) is 8.21. The monoisotopic (exact) mass is 428 g/mol. The minimum atomic E-state index is -4.68. The van der Waals surface area contributed by atoms with E-state index < -0.39 is 32.8 Å². The Kier molecular flexibility index (Phi) is 5.38. The molecular formula is C17H15F3N4O4S. The fourth-order valence-corrected chi connectivity index (χ4v) is 3.70. The fourth-order valence-electron chi connectivity index (χ4n) is 2.54. The molecule has 29 heavy (non-hydrogen) atoms. The van der Waals surface area contributed by atoms with Crippen LogP contribution in [-0.2, 0) is 20.9 Å². The van der Waals surface area contributed by atoms with Gasteiger partial charge in [0.15, 0.2) is 5.03 Å². The molecule has 0 bridgehead atoms. The van der Waals surface area contributed by atoms with Crippen LogP contribution < -0.4 is 4.72 Å². The largest absolute Gasteiger partial charge is 0.462 e. The number of anilines is 1. The van der Waals surface area contributed by atoms with E-state index in [4.69, 9.17) is 4.74 Å². The highest BCUT2D eigenvalue weighted by Crippen LogP contribution is 2.34. The molecule has 2 aromatic heterocycles. The van der Waals surface area contributed by atoms with Crippen molar-refractivity contribution < 1.29 is 31.1 Å². The van der Waals surface area contributed by atoms with Gasteiger partial charge in [-0.25, -0.2) is 4.79 Å². The fraction of sp³-hybridized carbons (Fsp3) is 0.176. The molecule has 0 saturated heterocycles. The Morgan fingerprint density at radius 3 is 2.59 bits per heavy atom. The predicted octanol–water partition coefficient (Wildman–Crippen LogP) is 3.20. The Hall–Kier alpha value is -3.28. The van der Waals surface area contributed by atoms with Crippen molar-refractivity contribution in [2.24, 2.45) is 0 Å². The predicted molar refractivity (Wildman–Crippen MR) is 96.1 cm³/mol. The van der Waals surface area contributed by atoms with E-state index in [-0.39, 0.29) is 23.5 Å². The number of H-pyrrole nitrogens is 1. The van der Waals surface area contributed by atoms with Gasteiger partial charge in [-0.15, -0.1) is 0 Å². The van der Waals surface area contributed by atoms with Crippen LogP contribution in [0.15, 0.2) is 53.9 Å². The molecule has 3 aromatic rings. The number of hydrogen-bond acceptors (Lipinski definition) is 5. The van der Waals surface area contributed by atoms with Crippen molar-refractivity contribution >= 4 is 21.7 Å². The number of nitrogens with zero attached hydrogens (tertiary/aromatic N) is 2. The summed E-state index contributed by atoms with van der Waals surface area (Å²) in [6.45, 7) is 1.54. The summed E-state index contributed by atoms with van der Waals surface area (Å²) in [6.07, 6.45) is -0.633. The normalized spacial score (nSPS) is 12.0. The first-order chi connectivity index (χ1) is 13.6. The van der Waals surface area contributed by atoms with Gasteiger partial charge in [0.2, 0.25) is 0 Å². The Bertz CT molecular complexity index is 1120. The summed E-state index contributed by atoms with van der Waals surface area (Å²) in [6, 6.07) is 5.91. The van der Waals surface area contributed by atoms with Gasteiger partial charge in [0.25, 0.3) is 10.0 Å². The van der Waals surface area contributed by atoms with Crippen molar-refractivity contribution in [2.45, 2.75) is 18.1 Å². The summed E-state index contributed by atoms with van der Waals surface area (Å²) >= 11 is 0. The van der Waals surface area contributed by atoms with Gasteiger partial charge in [-0.05, 0) is 37.3 Å². The number of rotatable bonds is 6. The van der Waals surface area contributed by atoms with E-state index in [0.29, 0.717) is 6.07 Å². The second kappa shape index (κ2) is 7.62. The molecule has 12 heteroatoms. The summed E-state index contributed by atoms with van der Waals surface area (Å²) in [5, 5.41) is 5.09. The number of aromatic amines is 1. The highest BCUT2D eigenvalue weighted by Gasteiger charge is 2.32. The average molecular weight is 428 g/mol. The van der Waals surface area contributed by atoms with Crippen LogP contribution in [0.4, 0.5) is 18.9 Å². The van der Waals surface area contributed by atoms with Gasteiger partial charge in [-0.3, -0.25) is 9.82 Å². The maximum absolute atomic E-state index is 13.1. The number of carbonyl (C=O) groups is 1. The topological polar surface area (TPSA) is 106 Å². The third-order valence-corrected chi connectivity index (χ3v) is 5.16. The summed E-state index contributed by atoms with van der Waals surface area (Å²) in [7, 11) is -4.49. The van der Waals surface area contributed by atoms with Crippen molar-refractivity contribution in [3.8, 4) is 5.69 Å². The molecule has 2 N–H and O–H groups in total. The van der Waals surface area contributed by atoms with E-state index in [1.807, 2.05) is 0 Å². The van der Waals surface area contributed by atoms with Crippen LogP contribution in [0.2, 0.25) is 0 Å². The molecule has 0 fully saturated rings. The van der Waals surface area contributed by atoms with Crippen molar-refractivity contribution in [2.75, 3.05) is 11.3 Å². The van der Waals surface area contributed by atoms with Crippen LogP contribution in [0, 0.1) is 0 Å². The molecular weight excluding hydrogens is 413 g/mol. The summed E-state index contributed by atoms with van der Waals surface area (Å²) in [5.74, 6) is -0.934. The van der Waals surface area contributed by atoms with Gasteiger partial charge in [-0.2, -0.15) is 26.7 Å². The molecule has 2 heterocycles. The van der Waals surface area contributed by atoms with Crippen molar-refractivity contribution in [1.82, 2.24) is 14.8 Å². The molecule has 0 radical (unpaired) electrons. The molecule has 0 unspecified atom stereocenters. The minimum absolute atomic E-state index is 0.00232. The molecule has 0 spiro atoms. The molecule has 3 rings (SSSR count). The number of halogens is 3. The number of ether oxygens (including phenoxy) is 1. The van der Waals surface area contributed by atoms with Gasteiger partial charge >= 0.3 is 12.1 Å². The van der Waals surface area contributed by atoms with Gasteiger partial charge in [-0.1, -0.05) is 0 Å². The molecule has 0 aliphatic heterocycles. The van der Waals surface area contributed by atoms with Crippen LogP contribution in [0.5, 0.6) is 0 Å². The Morgan fingerprint density at radius 2 is 1.97 bits per heavy atom. The van der Waals surface area contributed by atoms with Crippen molar-refractivity contribution in [3.63, 3.8) is 0 Å². The van der Waals surface area contributed by atoms with Crippen LogP contribution in [0.1, 0.15) is 22.8 Å². The Morgan fingerprint density at radius 1 is 1.28 bits per heavy atom. The lowest BCUT2D eigenvalue weighted by Gasteiger charge is -2.16. The first kappa shape index (κ1) is 20.5. The molecule has 154 valence electrons. The molecule has 1 aromatic carbocycles. The third-order valence-electron chi connectivity index (χ3n) is 3.82. The average Bonchev–Trinajstić information content (AvgIpc) is 3.33. The van der Waals surface area contributed by atoms with E-state index in [1.165, 1.54) is 11.5 Å². The van der Waals surface area contributed by atoms with Crippen LogP contribution in [-0.4, -0.2) is 35.8 Å². The highest BCUT2D eigenvalue weighted by molar-refractivity contribution is 7.92. The Balaban J connectivity index is 2.07. The maximum Gasteiger partial charge on any atom is 0.416 e. The van der Waals surface area contributed by atoms with Gasteiger partial charge in [0, 0.05) is 12.4 Å². The van der Waals surface area contributed by atoms with E-state index in [2.05, 4.69) is 14.9 Å². The second-order valence-electron chi connectivity index (χ2n) is 5.76. The summed E-state index contributed by atoms with van der Waals surface area (Å²) < 4.78 is 73.3. The number of nitrogens with one attached hydrogen (secondary N) is 2. The molecule has 0 amide bonds. The van der Waals surface area contributed by atoms with E-state index in [1.54, 1.807) is 24.5 Å². The summed E-state index contributed by atoms with van der Waals surface area (Å²) in [4.78, 5) is 11.9.